The second kappa shape index (κ2) is 8.02. The van der Waals surface area contributed by atoms with Crippen LogP contribution in [-0.2, 0) is 10.0 Å². The third-order valence-corrected chi connectivity index (χ3v) is 4.53. The molecular formula is C18H22N2O4S. The molecule has 0 heterocycles. The lowest BCUT2D eigenvalue weighted by Gasteiger charge is -2.15. The lowest BCUT2D eigenvalue weighted by Crippen LogP contribution is -2.18. The van der Waals surface area contributed by atoms with E-state index < -0.39 is 10.0 Å². The van der Waals surface area contributed by atoms with Crippen molar-refractivity contribution in [1.29, 1.82) is 0 Å². The number of para-hydroxylation sites is 1. The minimum Gasteiger partial charge on any atom is -0.493 e. The van der Waals surface area contributed by atoms with Gasteiger partial charge in [-0.05, 0) is 45.0 Å². The maximum atomic E-state index is 12.2. The zero-order valence-corrected chi connectivity index (χ0v) is 15.5. The average Bonchev–Trinajstić information content (AvgIpc) is 2.56. The first-order valence-electron chi connectivity index (χ1n) is 7.78. The number of hydrogen-bond donors (Lipinski definition) is 1. The molecule has 0 fully saturated rings. The molecular weight excluding hydrogens is 340 g/mol. The van der Waals surface area contributed by atoms with Crippen LogP contribution >= 0.6 is 0 Å². The number of nitrogens with zero attached hydrogens (tertiary/aromatic N) is 1. The number of benzene rings is 2. The minimum atomic E-state index is -3.72. The summed E-state index contributed by atoms with van der Waals surface area (Å²) in [6.45, 7) is 5.68. The highest BCUT2D eigenvalue weighted by molar-refractivity contribution is 7.89. The van der Waals surface area contributed by atoms with Gasteiger partial charge in [-0.1, -0.05) is 23.8 Å². The smallest absolute Gasteiger partial charge is 0.276 e. The standard InChI is InChI=1S/C18H22N2O4S/c1-13(2)24-18-15(6-5-7-17(18)23-4)12-19-20-25(21,22)16-10-8-14(3)9-11-16/h5-13,20H,1-4H3/b19-12-. The van der Waals surface area contributed by atoms with Crippen molar-refractivity contribution < 1.29 is 17.9 Å². The number of ether oxygens (including phenoxy) is 2. The van der Waals surface area contributed by atoms with Gasteiger partial charge in [-0.25, -0.2) is 4.83 Å². The van der Waals surface area contributed by atoms with Crippen molar-refractivity contribution in [1.82, 2.24) is 4.83 Å². The number of nitrogens with one attached hydrogen (secondary N) is 1. The molecule has 0 aliphatic heterocycles. The maximum absolute atomic E-state index is 12.2. The van der Waals surface area contributed by atoms with E-state index in [1.807, 2.05) is 20.8 Å². The maximum Gasteiger partial charge on any atom is 0.276 e. The average molecular weight is 362 g/mol. The number of rotatable bonds is 7. The van der Waals surface area contributed by atoms with Gasteiger partial charge in [0.25, 0.3) is 10.0 Å². The zero-order chi connectivity index (χ0) is 18.4. The van der Waals surface area contributed by atoms with E-state index in [4.69, 9.17) is 9.47 Å². The van der Waals surface area contributed by atoms with E-state index in [9.17, 15) is 8.42 Å². The quantitative estimate of drug-likeness (QED) is 0.606. The van der Waals surface area contributed by atoms with Crippen LogP contribution in [0.5, 0.6) is 11.5 Å². The summed E-state index contributed by atoms with van der Waals surface area (Å²) in [5, 5.41) is 3.86. The van der Waals surface area contributed by atoms with Gasteiger partial charge in [0.05, 0.1) is 24.3 Å². The van der Waals surface area contributed by atoms with Crippen LogP contribution < -0.4 is 14.3 Å². The molecule has 0 saturated heterocycles. The van der Waals surface area contributed by atoms with E-state index in [0.29, 0.717) is 17.1 Å². The summed E-state index contributed by atoms with van der Waals surface area (Å²) in [6, 6.07) is 11.8. The van der Waals surface area contributed by atoms with Gasteiger partial charge in [0.1, 0.15) is 0 Å². The fourth-order valence-electron chi connectivity index (χ4n) is 2.09. The van der Waals surface area contributed by atoms with Crippen molar-refractivity contribution in [2.45, 2.75) is 31.8 Å². The van der Waals surface area contributed by atoms with Gasteiger partial charge in [-0.3, -0.25) is 0 Å². The Labute approximate surface area is 148 Å². The number of methoxy groups -OCH3 is 1. The summed E-state index contributed by atoms with van der Waals surface area (Å²) in [7, 11) is -2.17. The van der Waals surface area contributed by atoms with E-state index in [1.165, 1.54) is 18.3 Å². The predicted octanol–water partition coefficient (Wildman–Crippen LogP) is 3.10. The Balaban J connectivity index is 2.23. The molecule has 0 aromatic heterocycles. The topological polar surface area (TPSA) is 77.0 Å². The molecule has 2 rings (SSSR count). The molecule has 2 aromatic rings. The molecule has 0 radical (unpaired) electrons. The second-order valence-corrected chi connectivity index (χ2v) is 7.37. The highest BCUT2D eigenvalue weighted by Crippen LogP contribution is 2.30. The molecule has 0 saturated carbocycles. The van der Waals surface area contributed by atoms with Gasteiger partial charge in [0, 0.05) is 5.56 Å². The van der Waals surface area contributed by atoms with Crippen LogP contribution in [0, 0.1) is 6.92 Å². The molecule has 134 valence electrons. The fourth-order valence-corrected chi connectivity index (χ4v) is 2.88. The first-order valence-corrected chi connectivity index (χ1v) is 9.27. The number of aryl methyl sites for hydroxylation is 1. The Hall–Kier alpha value is -2.54. The third-order valence-electron chi connectivity index (χ3n) is 3.29. The third kappa shape index (κ3) is 4.96. The van der Waals surface area contributed by atoms with Crippen molar-refractivity contribution in [2.24, 2.45) is 5.10 Å². The summed E-state index contributed by atoms with van der Waals surface area (Å²) < 4.78 is 35.5. The van der Waals surface area contributed by atoms with Crippen LogP contribution in [0.15, 0.2) is 52.5 Å². The van der Waals surface area contributed by atoms with E-state index in [1.54, 1.807) is 37.4 Å². The van der Waals surface area contributed by atoms with E-state index in [0.717, 1.165) is 5.56 Å². The lowest BCUT2D eigenvalue weighted by molar-refractivity contribution is 0.230. The molecule has 6 nitrogen and oxygen atoms in total. The Morgan fingerprint density at radius 1 is 1.12 bits per heavy atom. The van der Waals surface area contributed by atoms with Gasteiger partial charge >= 0.3 is 0 Å². The van der Waals surface area contributed by atoms with Crippen molar-refractivity contribution in [3.8, 4) is 11.5 Å². The van der Waals surface area contributed by atoms with Crippen LogP contribution in [0.2, 0.25) is 0 Å². The normalized spacial score (nSPS) is 11.7. The van der Waals surface area contributed by atoms with E-state index in [2.05, 4.69) is 9.93 Å². The highest BCUT2D eigenvalue weighted by atomic mass is 32.2. The van der Waals surface area contributed by atoms with Gasteiger partial charge in [-0.2, -0.15) is 13.5 Å². The summed E-state index contributed by atoms with van der Waals surface area (Å²) in [6.07, 6.45) is 1.33. The molecule has 25 heavy (non-hydrogen) atoms. The van der Waals surface area contributed by atoms with Crippen LogP contribution in [-0.4, -0.2) is 27.8 Å². The Bertz CT molecular complexity index is 844. The fraction of sp³-hybridized carbons (Fsp3) is 0.278. The molecule has 0 spiro atoms. The molecule has 0 amide bonds. The molecule has 0 aliphatic carbocycles. The molecule has 0 bridgehead atoms. The zero-order valence-electron chi connectivity index (χ0n) is 14.7. The first-order chi connectivity index (χ1) is 11.8. The summed E-state index contributed by atoms with van der Waals surface area (Å²) in [5.74, 6) is 1.07. The number of hydrogen-bond acceptors (Lipinski definition) is 5. The minimum absolute atomic E-state index is 0.0623. The molecule has 7 heteroatoms. The van der Waals surface area contributed by atoms with Gasteiger partial charge in [0.2, 0.25) is 0 Å². The predicted molar refractivity (Wildman–Crippen MR) is 97.9 cm³/mol. The summed E-state index contributed by atoms with van der Waals surface area (Å²) in [5.41, 5.74) is 1.59. The second-order valence-electron chi connectivity index (χ2n) is 5.71. The number of hydrazone groups is 1. The van der Waals surface area contributed by atoms with E-state index in [-0.39, 0.29) is 11.0 Å². The first kappa shape index (κ1) is 18.8. The van der Waals surface area contributed by atoms with E-state index >= 15 is 0 Å². The monoisotopic (exact) mass is 362 g/mol. The van der Waals surface area contributed by atoms with Gasteiger partial charge < -0.3 is 9.47 Å². The van der Waals surface area contributed by atoms with Crippen LogP contribution in [0.1, 0.15) is 25.0 Å². The number of sulfonamides is 1. The van der Waals surface area contributed by atoms with Crippen LogP contribution in [0.4, 0.5) is 0 Å². The van der Waals surface area contributed by atoms with Crippen molar-refractivity contribution >= 4 is 16.2 Å². The molecule has 0 unspecified atom stereocenters. The van der Waals surface area contributed by atoms with Crippen molar-refractivity contribution in [3.63, 3.8) is 0 Å². The summed E-state index contributed by atoms with van der Waals surface area (Å²) >= 11 is 0. The molecule has 0 atom stereocenters. The molecule has 1 N–H and O–H groups in total. The molecule has 2 aromatic carbocycles. The van der Waals surface area contributed by atoms with Crippen molar-refractivity contribution in [2.75, 3.05) is 7.11 Å². The SMILES string of the molecule is COc1cccc(/C=N\NS(=O)(=O)c2ccc(C)cc2)c1OC(C)C. The summed E-state index contributed by atoms with van der Waals surface area (Å²) in [4.78, 5) is 2.36. The molecule has 0 aliphatic rings. The van der Waals surface area contributed by atoms with Crippen LogP contribution in [0.3, 0.4) is 0 Å². The van der Waals surface area contributed by atoms with Gasteiger partial charge in [0.15, 0.2) is 11.5 Å². The van der Waals surface area contributed by atoms with Gasteiger partial charge in [-0.15, -0.1) is 0 Å². The van der Waals surface area contributed by atoms with Crippen molar-refractivity contribution in [3.05, 3.63) is 53.6 Å². The Kier molecular flexibility index (Phi) is 6.03. The lowest BCUT2D eigenvalue weighted by atomic mass is 10.2. The largest absolute Gasteiger partial charge is 0.493 e. The Morgan fingerprint density at radius 3 is 2.40 bits per heavy atom. The highest BCUT2D eigenvalue weighted by Gasteiger charge is 2.13. The van der Waals surface area contributed by atoms with Crippen LogP contribution in [0.25, 0.3) is 0 Å². The Morgan fingerprint density at radius 2 is 1.80 bits per heavy atom.